The van der Waals surface area contributed by atoms with Gasteiger partial charge in [-0.3, -0.25) is 0 Å². The second-order valence-electron chi connectivity index (χ2n) is 2.35. The van der Waals surface area contributed by atoms with Crippen LogP contribution in [0.3, 0.4) is 0 Å². The Hall–Kier alpha value is -0.880. The smallest absolute Gasteiger partial charge is 0.276 e. The molecule has 0 aliphatic carbocycles. The number of hydrogen-bond donors (Lipinski definition) is 0. The van der Waals surface area contributed by atoms with Crippen LogP contribution in [0.1, 0.15) is 11.6 Å². The fraction of sp³-hybridized carbons (Fsp3) is 0.222. The van der Waals surface area contributed by atoms with Crippen molar-refractivity contribution in [3.05, 3.63) is 45.7 Å². The Balaban J connectivity index is 2.95. The van der Waals surface area contributed by atoms with E-state index in [1.165, 1.54) is 0 Å². The van der Waals surface area contributed by atoms with Gasteiger partial charge in [0.15, 0.2) is 6.67 Å². The predicted octanol–water partition coefficient (Wildman–Crippen LogP) is 3.38. The molecule has 0 amide bonds. The Bertz CT molecular complexity index is 306. The summed E-state index contributed by atoms with van der Waals surface area (Å²) < 4.78 is 13.1. The highest BCUT2D eigenvalue weighted by Crippen LogP contribution is 2.21. The van der Waals surface area contributed by atoms with E-state index in [2.05, 4.69) is 20.8 Å². The van der Waals surface area contributed by atoms with Crippen molar-refractivity contribution in [1.82, 2.24) is 0 Å². The van der Waals surface area contributed by atoms with Crippen LogP contribution >= 0.6 is 15.9 Å². The molecule has 0 spiro atoms. The van der Waals surface area contributed by atoms with E-state index in [4.69, 9.17) is 6.57 Å². The molecule has 1 unspecified atom stereocenters. The minimum absolute atomic E-state index is 0.625. The molecule has 1 aromatic rings. The average Bonchev–Trinajstić information content (AvgIpc) is 2.07. The van der Waals surface area contributed by atoms with Crippen LogP contribution in [0.4, 0.5) is 4.39 Å². The molecule has 0 heterocycles. The number of halogens is 2. The third-order valence-electron chi connectivity index (χ3n) is 1.54. The highest BCUT2D eigenvalue weighted by atomic mass is 79.9. The van der Waals surface area contributed by atoms with Gasteiger partial charge in [-0.25, -0.2) is 11.0 Å². The largest absolute Gasteiger partial charge is 0.306 e. The Kier molecular flexibility index (Phi) is 3.24. The average molecular weight is 228 g/mol. The molecular weight excluding hydrogens is 221 g/mol. The molecule has 0 bridgehead atoms. The summed E-state index contributed by atoms with van der Waals surface area (Å²) >= 11 is 3.26. The molecule has 3 heteroatoms. The third-order valence-corrected chi connectivity index (χ3v) is 2.03. The van der Waals surface area contributed by atoms with Crippen LogP contribution in [-0.4, -0.2) is 6.67 Å². The number of rotatable bonds is 2. The molecule has 0 aliphatic rings. The van der Waals surface area contributed by atoms with Gasteiger partial charge in [0.2, 0.25) is 0 Å². The van der Waals surface area contributed by atoms with Crippen LogP contribution in [0, 0.1) is 6.57 Å². The number of nitrogens with zero attached hydrogens (tertiary/aromatic N) is 1. The Morgan fingerprint density at radius 1 is 1.58 bits per heavy atom. The standard InChI is InChI=1S/C9H7BrFN/c1-12-9(6-11)7-3-2-4-8(10)5-7/h2-5,9H,6H2. The zero-order valence-electron chi connectivity index (χ0n) is 6.30. The molecule has 0 radical (unpaired) electrons. The minimum Gasteiger partial charge on any atom is -0.306 e. The SMILES string of the molecule is [C-]#[N+]C(CF)c1cccc(Br)c1. The van der Waals surface area contributed by atoms with Gasteiger partial charge in [-0.15, -0.1) is 0 Å². The van der Waals surface area contributed by atoms with Crippen molar-refractivity contribution < 1.29 is 4.39 Å². The van der Waals surface area contributed by atoms with Crippen molar-refractivity contribution in [3.8, 4) is 0 Å². The van der Waals surface area contributed by atoms with Crippen molar-refractivity contribution >= 4 is 15.9 Å². The summed E-state index contributed by atoms with van der Waals surface area (Å²) in [5, 5.41) is 0. The second-order valence-corrected chi connectivity index (χ2v) is 3.27. The van der Waals surface area contributed by atoms with E-state index in [0.717, 1.165) is 10.0 Å². The van der Waals surface area contributed by atoms with Gasteiger partial charge in [0.05, 0.1) is 0 Å². The number of alkyl halides is 1. The maximum Gasteiger partial charge on any atom is 0.276 e. The highest BCUT2D eigenvalue weighted by Gasteiger charge is 2.14. The highest BCUT2D eigenvalue weighted by molar-refractivity contribution is 9.10. The van der Waals surface area contributed by atoms with Crippen molar-refractivity contribution in [2.24, 2.45) is 0 Å². The maximum atomic E-state index is 12.2. The molecule has 0 saturated heterocycles. The third kappa shape index (κ3) is 2.05. The first kappa shape index (κ1) is 9.21. The van der Waals surface area contributed by atoms with Crippen LogP contribution in [-0.2, 0) is 0 Å². The topological polar surface area (TPSA) is 4.36 Å². The van der Waals surface area contributed by atoms with Crippen LogP contribution < -0.4 is 0 Å². The van der Waals surface area contributed by atoms with Gasteiger partial charge < -0.3 is 4.85 Å². The lowest BCUT2D eigenvalue weighted by atomic mass is 10.1. The molecule has 0 N–H and O–H groups in total. The lowest BCUT2D eigenvalue weighted by Gasteiger charge is -2.00. The Labute approximate surface area is 79.2 Å². The van der Waals surface area contributed by atoms with E-state index in [9.17, 15) is 4.39 Å². The Morgan fingerprint density at radius 3 is 2.83 bits per heavy atom. The molecule has 1 rings (SSSR count). The van der Waals surface area contributed by atoms with Crippen LogP contribution in [0.2, 0.25) is 0 Å². The van der Waals surface area contributed by atoms with E-state index in [-0.39, 0.29) is 0 Å². The first-order chi connectivity index (χ1) is 5.77. The lowest BCUT2D eigenvalue weighted by molar-refractivity contribution is 0.465. The monoisotopic (exact) mass is 227 g/mol. The summed E-state index contributed by atoms with van der Waals surface area (Å²) in [6.07, 6.45) is 0. The van der Waals surface area contributed by atoms with Crippen molar-refractivity contribution in [2.75, 3.05) is 6.67 Å². The lowest BCUT2D eigenvalue weighted by Crippen LogP contribution is -1.94. The molecule has 12 heavy (non-hydrogen) atoms. The second kappa shape index (κ2) is 4.22. The van der Waals surface area contributed by atoms with Crippen LogP contribution in [0.25, 0.3) is 4.85 Å². The van der Waals surface area contributed by atoms with Gasteiger partial charge in [0, 0.05) is 10.0 Å². The summed E-state index contributed by atoms with van der Waals surface area (Å²) in [7, 11) is 0. The van der Waals surface area contributed by atoms with E-state index in [1.54, 1.807) is 18.2 Å². The number of hydrogen-bond acceptors (Lipinski definition) is 0. The Morgan fingerprint density at radius 2 is 2.33 bits per heavy atom. The van der Waals surface area contributed by atoms with Crippen LogP contribution in [0.5, 0.6) is 0 Å². The molecule has 0 fully saturated rings. The quantitative estimate of drug-likeness (QED) is 0.683. The van der Waals surface area contributed by atoms with E-state index >= 15 is 0 Å². The van der Waals surface area contributed by atoms with Gasteiger partial charge >= 0.3 is 0 Å². The summed E-state index contributed by atoms with van der Waals surface area (Å²) in [5.74, 6) is 0. The molecule has 0 aromatic heterocycles. The zero-order chi connectivity index (χ0) is 8.97. The minimum atomic E-state index is -0.650. The van der Waals surface area contributed by atoms with Gasteiger partial charge in [-0.2, -0.15) is 0 Å². The number of benzene rings is 1. The maximum absolute atomic E-state index is 12.2. The fourth-order valence-corrected chi connectivity index (χ4v) is 1.33. The molecule has 0 aliphatic heterocycles. The summed E-state index contributed by atoms with van der Waals surface area (Å²) in [4.78, 5) is 3.17. The first-order valence-electron chi connectivity index (χ1n) is 3.46. The van der Waals surface area contributed by atoms with E-state index in [0.29, 0.717) is 0 Å². The molecular formula is C9H7BrFN. The first-order valence-corrected chi connectivity index (χ1v) is 4.25. The van der Waals surface area contributed by atoms with E-state index < -0.39 is 12.7 Å². The van der Waals surface area contributed by atoms with Crippen LogP contribution in [0.15, 0.2) is 28.7 Å². The van der Waals surface area contributed by atoms with Crippen molar-refractivity contribution in [3.63, 3.8) is 0 Å². The molecule has 62 valence electrons. The predicted molar refractivity (Wildman–Crippen MR) is 49.5 cm³/mol. The van der Waals surface area contributed by atoms with Gasteiger partial charge in [-0.1, -0.05) is 28.1 Å². The summed E-state index contributed by atoms with van der Waals surface area (Å²) in [6, 6.07) is 6.52. The van der Waals surface area contributed by atoms with Gasteiger partial charge in [0.25, 0.3) is 6.04 Å². The fourth-order valence-electron chi connectivity index (χ4n) is 0.912. The van der Waals surface area contributed by atoms with Crippen molar-refractivity contribution in [2.45, 2.75) is 6.04 Å². The normalized spacial score (nSPS) is 12.1. The molecule has 1 aromatic carbocycles. The molecule has 0 saturated carbocycles. The molecule has 1 atom stereocenters. The van der Waals surface area contributed by atoms with Crippen molar-refractivity contribution in [1.29, 1.82) is 0 Å². The van der Waals surface area contributed by atoms with Gasteiger partial charge in [0.1, 0.15) is 0 Å². The summed E-state index contributed by atoms with van der Waals surface area (Å²) in [6.45, 7) is 6.11. The van der Waals surface area contributed by atoms with E-state index in [1.807, 2.05) is 6.07 Å². The molecule has 1 nitrogen and oxygen atoms in total. The summed E-state index contributed by atoms with van der Waals surface area (Å²) in [5.41, 5.74) is 0.724. The van der Waals surface area contributed by atoms with Gasteiger partial charge in [-0.05, 0) is 12.1 Å². The zero-order valence-corrected chi connectivity index (χ0v) is 7.88.